The van der Waals surface area contributed by atoms with E-state index in [0.29, 0.717) is 11.3 Å². The van der Waals surface area contributed by atoms with E-state index in [1.165, 1.54) is 37.1 Å². The van der Waals surface area contributed by atoms with Crippen LogP contribution in [0.5, 0.6) is 0 Å². The van der Waals surface area contributed by atoms with Crippen molar-refractivity contribution in [3.8, 4) is 0 Å². The van der Waals surface area contributed by atoms with E-state index in [4.69, 9.17) is 0 Å². The lowest BCUT2D eigenvalue weighted by molar-refractivity contribution is -0.138. The second-order valence-corrected chi connectivity index (χ2v) is 8.09. The Hall–Kier alpha value is -1.36. The van der Waals surface area contributed by atoms with Gasteiger partial charge in [0, 0.05) is 31.2 Å². The van der Waals surface area contributed by atoms with Crippen molar-refractivity contribution in [1.29, 1.82) is 0 Å². The van der Waals surface area contributed by atoms with Gasteiger partial charge in [-0.3, -0.25) is 9.69 Å². The smallest absolute Gasteiger partial charge is 0.225 e. The molecule has 0 aliphatic carbocycles. The predicted molar refractivity (Wildman–Crippen MR) is 100 cm³/mol. The summed E-state index contributed by atoms with van der Waals surface area (Å²) in [5, 5.41) is 0. The van der Waals surface area contributed by atoms with Crippen LogP contribution in [-0.2, 0) is 11.3 Å². The van der Waals surface area contributed by atoms with E-state index in [9.17, 15) is 4.79 Å². The summed E-state index contributed by atoms with van der Waals surface area (Å²) in [6.07, 6.45) is 8.65. The van der Waals surface area contributed by atoms with Crippen LogP contribution in [0.25, 0.3) is 0 Å². The molecule has 2 saturated heterocycles. The number of carbonyl (C=O) groups is 1. The van der Waals surface area contributed by atoms with Crippen LogP contribution in [0.4, 0.5) is 0 Å². The van der Waals surface area contributed by atoms with Crippen molar-refractivity contribution >= 4 is 5.91 Å². The Morgan fingerprint density at radius 3 is 2.28 bits per heavy atom. The minimum atomic E-state index is 0.230. The number of aromatic nitrogens is 2. The van der Waals surface area contributed by atoms with E-state index >= 15 is 0 Å². The zero-order chi connectivity index (χ0) is 17.9. The molecule has 2 fully saturated rings. The van der Waals surface area contributed by atoms with E-state index in [1.54, 1.807) is 6.33 Å². The predicted octanol–water partition coefficient (Wildman–Crippen LogP) is 3.36. The fourth-order valence-electron chi connectivity index (χ4n) is 4.54. The van der Waals surface area contributed by atoms with Gasteiger partial charge in [-0.1, -0.05) is 13.8 Å². The number of amides is 1. The Morgan fingerprint density at radius 2 is 1.76 bits per heavy atom. The van der Waals surface area contributed by atoms with Crippen LogP contribution in [0, 0.1) is 18.3 Å². The van der Waals surface area contributed by atoms with Gasteiger partial charge in [0.05, 0.1) is 12.0 Å². The summed E-state index contributed by atoms with van der Waals surface area (Å²) in [5.41, 5.74) is 2.84. The Labute approximate surface area is 152 Å². The number of likely N-dealkylation sites (tertiary alicyclic amines) is 2. The lowest BCUT2D eigenvalue weighted by atomic mass is 9.71. The summed E-state index contributed by atoms with van der Waals surface area (Å²) < 4.78 is 0. The molecule has 1 amide bonds. The molecule has 1 aromatic rings. The fraction of sp³-hybridized carbons (Fsp3) is 0.800. The van der Waals surface area contributed by atoms with Gasteiger partial charge < -0.3 is 9.88 Å². The molecule has 0 unspecified atom stereocenters. The minimum Gasteiger partial charge on any atom is -0.348 e. The van der Waals surface area contributed by atoms with E-state index in [2.05, 4.69) is 40.5 Å². The highest BCUT2D eigenvalue weighted by atomic mass is 16.2. The first-order valence-corrected chi connectivity index (χ1v) is 10.1. The maximum atomic E-state index is 12.6. The normalized spacial score (nSPS) is 21.2. The van der Waals surface area contributed by atoms with Crippen molar-refractivity contribution in [2.45, 2.75) is 65.8 Å². The molecule has 0 aromatic carbocycles. The molecule has 25 heavy (non-hydrogen) atoms. The number of aryl methyl sites for hydroxylation is 1. The SMILES string of the molecule is CCC(CC)C(=O)N1CCC2(CCN(Cc3nc[nH]c3C)CC2)CC1. The van der Waals surface area contributed by atoms with Crippen molar-refractivity contribution in [2.75, 3.05) is 26.2 Å². The molecule has 1 spiro atoms. The molecule has 3 heterocycles. The number of hydrogen-bond donors (Lipinski definition) is 1. The maximum absolute atomic E-state index is 12.6. The zero-order valence-electron chi connectivity index (χ0n) is 16.2. The number of imidazole rings is 1. The number of H-pyrrole nitrogens is 1. The Bertz CT molecular complexity index is 560. The van der Waals surface area contributed by atoms with Gasteiger partial charge in [-0.15, -0.1) is 0 Å². The summed E-state index contributed by atoms with van der Waals surface area (Å²) in [6.45, 7) is 11.6. The van der Waals surface area contributed by atoms with Crippen LogP contribution in [0.1, 0.15) is 63.8 Å². The van der Waals surface area contributed by atoms with Gasteiger partial charge >= 0.3 is 0 Å². The maximum Gasteiger partial charge on any atom is 0.225 e. The quantitative estimate of drug-likeness (QED) is 0.889. The third-order valence-corrected chi connectivity index (χ3v) is 6.70. The number of aromatic amines is 1. The highest BCUT2D eigenvalue weighted by Crippen LogP contribution is 2.41. The molecule has 2 aliphatic heterocycles. The molecule has 1 N–H and O–H groups in total. The van der Waals surface area contributed by atoms with Crippen LogP contribution in [0.2, 0.25) is 0 Å². The number of rotatable bonds is 5. The summed E-state index contributed by atoms with van der Waals surface area (Å²) in [5.74, 6) is 0.624. The Kier molecular flexibility index (Phi) is 5.82. The summed E-state index contributed by atoms with van der Waals surface area (Å²) in [6, 6.07) is 0. The molecular weight excluding hydrogens is 312 g/mol. The molecule has 0 saturated carbocycles. The van der Waals surface area contributed by atoms with E-state index in [1.807, 2.05) is 0 Å². The number of hydrogen-bond acceptors (Lipinski definition) is 3. The van der Waals surface area contributed by atoms with Crippen molar-refractivity contribution in [3.63, 3.8) is 0 Å². The molecule has 5 heteroatoms. The van der Waals surface area contributed by atoms with E-state index in [-0.39, 0.29) is 5.92 Å². The standard InChI is InChI=1S/C20H34N4O/c1-4-17(5-2)19(25)24-12-8-20(9-13-24)6-10-23(11-7-20)14-18-16(3)21-15-22-18/h15,17H,4-14H2,1-3H3,(H,21,22). The molecule has 2 aliphatic rings. The third kappa shape index (κ3) is 4.08. The number of nitrogens with one attached hydrogen (secondary N) is 1. The Morgan fingerprint density at radius 1 is 1.16 bits per heavy atom. The average molecular weight is 347 g/mol. The monoisotopic (exact) mass is 346 g/mol. The fourth-order valence-corrected chi connectivity index (χ4v) is 4.54. The van der Waals surface area contributed by atoms with Gasteiger partial charge in [-0.05, 0) is 64.0 Å². The van der Waals surface area contributed by atoms with Crippen LogP contribution >= 0.6 is 0 Å². The van der Waals surface area contributed by atoms with Crippen LogP contribution in [0.3, 0.4) is 0 Å². The lowest BCUT2D eigenvalue weighted by Crippen LogP contribution is -2.49. The first-order chi connectivity index (χ1) is 12.1. The highest BCUT2D eigenvalue weighted by molar-refractivity contribution is 5.78. The number of nitrogens with zero attached hydrogens (tertiary/aromatic N) is 3. The largest absolute Gasteiger partial charge is 0.348 e. The van der Waals surface area contributed by atoms with Gasteiger partial charge in [0.1, 0.15) is 0 Å². The van der Waals surface area contributed by atoms with Gasteiger partial charge in [0.15, 0.2) is 0 Å². The summed E-state index contributed by atoms with van der Waals surface area (Å²) in [4.78, 5) is 24.9. The summed E-state index contributed by atoms with van der Waals surface area (Å²) in [7, 11) is 0. The molecular formula is C20H34N4O. The third-order valence-electron chi connectivity index (χ3n) is 6.70. The van der Waals surface area contributed by atoms with Crippen molar-refractivity contribution < 1.29 is 4.79 Å². The van der Waals surface area contributed by atoms with Gasteiger partial charge in [0.25, 0.3) is 0 Å². The van der Waals surface area contributed by atoms with Crippen molar-refractivity contribution in [2.24, 2.45) is 11.3 Å². The zero-order valence-corrected chi connectivity index (χ0v) is 16.2. The molecule has 0 radical (unpaired) electrons. The van der Waals surface area contributed by atoms with Crippen molar-refractivity contribution in [1.82, 2.24) is 19.8 Å². The van der Waals surface area contributed by atoms with E-state index in [0.717, 1.165) is 45.6 Å². The number of piperidine rings is 2. The van der Waals surface area contributed by atoms with Crippen LogP contribution in [0.15, 0.2) is 6.33 Å². The average Bonchev–Trinajstić information content (AvgIpc) is 3.03. The van der Waals surface area contributed by atoms with Gasteiger partial charge in [-0.2, -0.15) is 0 Å². The second kappa shape index (κ2) is 7.90. The topological polar surface area (TPSA) is 52.2 Å². The molecule has 140 valence electrons. The minimum absolute atomic E-state index is 0.230. The lowest BCUT2D eigenvalue weighted by Gasteiger charge is -2.47. The second-order valence-electron chi connectivity index (χ2n) is 8.09. The first-order valence-electron chi connectivity index (χ1n) is 10.1. The Balaban J connectivity index is 1.48. The molecule has 0 bridgehead atoms. The molecule has 3 rings (SSSR count). The first kappa shape index (κ1) is 18.4. The molecule has 0 atom stereocenters. The highest BCUT2D eigenvalue weighted by Gasteiger charge is 2.39. The van der Waals surface area contributed by atoms with Gasteiger partial charge in [-0.25, -0.2) is 4.98 Å². The van der Waals surface area contributed by atoms with Gasteiger partial charge in [0.2, 0.25) is 5.91 Å². The van der Waals surface area contributed by atoms with Crippen LogP contribution < -0.4 is 0 Å². The van der Waals surface area contributed by atoms with Crippen molar-refractivity contribution in [3.05, 3.63) is 17.7 Å². The summed E-state index contributed by atoms with van der Waals surface area (Å²) >= 11 is 0. The van der Waals surface area contributed by atoms with Crippen LogP contribution in [-0.4, -0.2) is 51.9 Å². The van der Waals surface area contributed by atoms with E-state index < -0.39 is 0 Å². The number of carbonyl (C=O) groups excluding carboxylic acids is 1. The molecule has 5 nitrogen and oxygen atoms in total. The molecule has 1 aromatic heterocycles.